The van der Waals surface area contributed by atoms with Gasteiger partial charge in [-0.2, -0.15) is 4.98 Å². The minimum atomic E-state index is -0.460. The summed E-state index contributed by atoms with van der Waals surface area (Å²) in [7, 11) is 3.95. The molecule has 1 aliphatic rings. The van der Waals surface area contributed by atoms with Gasteiger partial charge in [-0.25, -0.2) is 4.98 Å². The van der Waals surface area contributed by atoms with Crippen LogP contribution in [-0.4, -0.2) is 41.9 Å². The molecule has 0 spiro atoms. The highest BCUT2D eigenvalue weighted by molar-refractivity contribution is 5.94. The van der Waals surface area contributed by atoms with Crippen molar-refractivity contribution in [2.75, 3.05) is 29.6 Å². The van der Waals surface area contributed by atoms with Crippen LogP contribution in [0.3, 0.4) is 0 Å². The highest BCUT2D eigenvalue weighted by atomic mass is 16.2. The number of aromatic nitrogens is 2. The van der Waals surface area contributed by atoms with Crippen LogP contribution in [0.25, 0.3) is 0 Å². The third kappa shape index (κ3) is 6.92. The Kier molecular flexibility index (Phi) is 8.12. The molecule has 1 saturated carbocycles. The molecule has 0 unspecified atom stereocenters. The van der Waals surface area contributed by atoms with Gasteiger partial charge in [-0.3, -0.25) is 9.59 Å². The van der Waals surface area contributed by atoms with E-state index in [0.717, 1.165) is 48.3 Å². The van der Waals surface area contributed by atoms with Gasteiger partial charge in [-0.1, -0.05) is 32.9 Å². The van der Waals surface area contributed by atoms with Crippen LogP contribution in [0.4, 0.5) is 17.5 Å². The summed E-state index contributed by atoms with van der Waals surface area (Å²) in [5.41, 5.74) is 2.29. The van der Waals surface area contributed by atoms with Crippen molar-refractivity contribution in [3.63, 3.8) is 0 Å². The second-order valence-corrected chi connectivity index (χ2v) is 10.4. The van der Waals surface area contributed by atoms with Crippen LogP contribution < -0.4 is 20.9 Å². The van der Waals surface area contributed by atoms with Crippen LogP contribution in [0, 0.1) is 18.3 Å². The molecule has 0 aliphatic heterocycles. The van der Waals surface area contributed by atoms with E-state index in [9.17, 15) is 9.59 Å². The van der Waals surface area contributed by atoms with E-state index in [0.29, 0.717) is 12.5 Å². The van der Waals surface area contributed by atoms with Crippen molar-refractivity contribution in [3.8, 4) is 0 Å². The van der Waals surface area contributed by atoms with Crippen LogP contribution in [0.2, 0.25) is 0 Å². The highest BCUT2D eigenvalue weighted by Crippen LogP contribution is 2.27. The van der Waals surface area contributed by atoms with E-state index >= 15 is 0 Å². The molecule has 0 saturated heterocycles. The maximum Gasteiger partial charge on any atom is 0.229 e. The largest absolute Gasteiger partial charge is 0.362 e. The Bertz CT molecular complexity index is 1010. The number of amides is 2. The van der Waals surface area contributed by atoms with E-state index in [1.165, 1.54) is 0 Å². The molecule has 8 heteroatoms. The van der Waals surface area contributed by atoms with Gasteiger partial charge in [-0.05, 0) is 50.3 Å². The van der Waals surface area contributed by atoms with E-state index in [4.69, 9.17) is 0 Å². The van der Waals surface area contributed by atoms with Gasteiger partial charge in [0, 0.05) is 55.5 Å². The van der Waals surface area contributed by atoms with Gasteiger partial charge in [0.1, 0.15) is 5.82 Å². The fourth-order valence-electron chi connectivity index (χ4n) is 4.05. The zero-order valence-corrected chi connectivity index (χ0v) is 21.2. The normalized spacial score (nSPS) is 18.2. The van der Waals surface area contributed by atoms with E-state index < -0.39 is 5.41 Å². The lowest BCUT2D eigenvalue weighted by atomic mass is 9.85. The molecule has 1 aliphatic carbocycles. The maximum atomic E-state index is 12.8. The van der Waals surface area contributed by atoms with Crippen molar-refractivity contribution < 1.29 is 9.59 Å². The highest BCUT2D eigenvalue weighted by Gasteiger charge is 2.27. The Hall–Kier alpha value is -3.16. The Morgan fingerprint density at radius 2 is 1.82 bits per heavy atom. The van der Waals surface area contributed by atoms with Crippen molar-refractivity contribution in [3.05, 3.63) is 41.6 Å². The first kappa shape index (κ1) is 25.5. The molecule has 2 amide bonds. The van der Waals surface area contributed by atoms with Gasteiger partial charge in [0.05, 0.1) is 0 Å². The van der Waals surface area contributed by atoms with E-state index in [1.54, 1.807) is 0 Å². The third-order valence-electron chi connectivity index (χ3n) is 6.13. The number of aryl methyl sites for hydroxylation is 1. The van der Waals surface area contributed by atoms with Crippen molar-refractivity contribution in [1.29, 1.82) is 0 Å². The van der Waals surface area contributed by atoms with Gasteiger partial charge in [0.2, 0.25) is 17.8 Å². The fraction of sp³-hybridized carbons (Fsp3) is 0.538. The van der Waals surface area contributed by atoms with Gasteiger partial charge in [0.25, 0.3) is 0 Å². The molecule has 1 heterocycles. The third-order valence-corrected chi connectivity index (χ3v) is 6.13. The molecule has 0 atom stereocenters. The summed E-state index contributed by atoms with van der Waals surface area (Å²) in [4.78, 5) is 36.0. The number of nitrogens with one attached hydrogen (secondary N) is 3. The Labute approximate surface area is 202 Å². The maximum absolute atomic E-state index is 12.8. The second kappa shape index (κ2) is 10.8. The van der Waals surface area contributed by atoms with Crippen molar-refractivity contribution in [1.82, 2.24) is 15.3 Å². The zero-order valence-electron chi connectivity index (χ0n) is 21.2. The summed E-state index contributed by atoms with van der Waals surface area (Å²) in [6.07, 6.45) is 5.31. The first-order chi connectivity index (χ1) is 16.0. The Morgan fingerprint density at radius 3 is 2.47 bits per heavy atom. The SMILES string of the molecule is Cc1cnc(N[C@H]2CC[C@@H](C(=O)NCc3cccc(NC(=O)C(C)(C)C)c3)CC2)nc1N(C)C. The summed E-state index contributed by atoms with van der Waals surface area (Å²) < 4.78 is 0. The van der Waals surface area contributed by atoms with Gasteiger partial charge >= 0.3 is 0 Å². The second-order valence-electron chi connectivity index (χ2n) is 10.4. The summed E-state index contributed by atoms with van der Waals surface area (Å²) in [5, 5.41) is 9.44. The molecule has 184 valence electrons. The minimum absolute atomic E-state index is 0.0121. The van der Waals surface area contributed by atoms with Crippen LogP contribution in [0.5, 0.6) is 0 Å². The first-order valence-corrected chi connectivity index (χ1v) is 12.0. The number of rotatable bonds is 7. The molecule has 0 radical (unpaired) electrons. The van der Waals surface area contributed by atoms with Crippen LogP contribution >= 0.6 is 0 Å². The van der Waals surface area contributed by atoms with Crippen molar-refractivity contribution in [2.45, 2.75) is 66.0 Å². The minimum Gasteiger partial charge on any atom is -0.362 e. The summed E-state index contributed by atoms with van der Waals surface area (Å²) in [6, 6.07) is 7.89. The zero-order chi connectivity index (χ0) is 24.9. The molecule has 1 aromatic heterocycles. The van der Waals surface area contributed by atoms with Crippen LogP contribution in [0.1, 0.15) is 57.6 Å². The summed E-state index contributed by atoms with van der Waals surface area (Å²) in [6.45, 7) is 8.09. The number of benzene rings is 1. The topological polar surface area (TPSA) is 99.2 Å². The lowest BCUT2D eigenvalue weighted by Crippen LogP contribution is -2.36. The van der Waals surface area contributed by atoms with Crippen LogP contribution in [0.15, 0.2) is 30.5 Å². The average molecular weight is 467 g/mol. The number of carbonyl (C=O) groups excluding carboxylic acids is 2. The predicted molar refractivity (Wildman–Crippen MR) is 137 cm³/mol. The van der Waals surface area contributed by atoms with E-state index in [1.807, 2.05) is 77.2 Å². The Balaban J connectivity index is 1.47. The lowest BCUT2D eigenvalue weighted by molar-refractivity contribution is -0.126. The molecule has 1 aromatic carbocycles. The molecule has 1 fully saturated rings. The number of hydrogen-bond donors (Lipinski definition) is 3. The standard InChI is InChI=1S/C26H38N6O2/c1-17-15-28-25(31-22(17)32(5)6)30-20-12-10-19(11-13-20)23(33)27-16-18-8-7-9-21(14-18)29-24(34)26(2,3)4/h7-9,14-15,19-20H,10-13,16H2,1-6H3,(H,27,33)(H,29,34)(H,28,30,31)/t19-,20+. The molecule has 3 rings (SSSR count). The lowest BCUT2D eigenvalue weighted by Gasteiger charge is -2.28. The smallest absolute Gasteiger partial charge is 0.229 e. The van der Waals surface area contributed by atoms with Crippen molar-refractivity contribution >= 4 is 29.3 Å². The first-order valence-electron chi connectivity index (χ1n) is 12.0. The Morgan fingerprint density at radius 1 is 1.12 bits per heavy atom. The van der Waals surface area contributed by atoms with E-state index in [-0.39, 0.29) is 23.8 Å². The molecule has 3 N–H and O–H groups in total. The van der Waals surface area contributed by atoms with Crippen LogP contribution in [-0.2, 0) is 16.1 Å². The number of hydrogen-bond acceptors (Lipinski definition) is 6. The quantitative estimate of drug-likeness (QED) is 0.568. The average Bonchev–Trinajstić information content (AvgIpc) is 2.78. The molecular weight excluding hydrogens is 428 g/mol. The number of nitrogens with zero attached hydrogens (tertiary/aromatic N) is 3. The van der Waals surface area contributed by atoms with Gasteiger partial charge < -0.3 is 20.9 Å². The molecule has 34 heavy (non-hydrogen) atoms. The summed E-state index contributed by atoms with van der Waals surface area (Å²) in [5.74, 6) is 1.61. The predicted octanol–water partition coefficient (Wildman–Crippen LogP) is 4.12. The number of carbonyl (C=O) groups is 2. The van der Waals surface area contributed by atoms with Gasteiger partial charge in [-0.15, -0.1) is 0 Å². The van der Waals surface area contributed by atoms with E-state index in [2.05, 4.69) is 25.9 Å². The number of anilines is 3. The van der Waals surface area contributed by atoms with Gasteiger partial charge in [0.15, 0.2) is 0 Å². The summed E-state index contributed by atoms with van der Waals surface area (Å²) >= 11 is 0. The monoisotopic (exact) mass is 466 g/mol. The fourth-order valence-corrected chi connectivity index (χ4v) is 4.05. The molecular formula is C26H38N6O2. The molecule has 0 bridgehead atoms. The molecule has 2 aromatic rings. The molecule has 8 nitrogen and oxygen atoms in total. The van der Waals surface area contributed by atoms with Crippen molar-refractivity contribution in [2.24, 2.45) is 11.3 Å².